The van der Waals surface area contributed by atoms with Gasteiger partial charge in [0, 0.05) is 62.1 Å². The summed E-state index contributed by atoms with van der Waals surface area (Å²) in [6.45, 7) is 0.968. The summed E-state index contributed by atoms with van der Waals surface area (Å²) in [5.74, 6) is 0.442. The van der Waals surface area contributed by atoms with Gasteiger partial charge in [-0.2, -0.15) is 0 Å². The third-order valence-electron chi connectivity index (χ3n) is 5.72. The van der Waals surface area contributed by atoms with Gasteiger partial charge in [-0.25, -0.2) is 14.8 Å². The van der Waals surface area contributed by atoms with Gasteiger partial charge in [-0.05, 0) is 30.5 Å². The summed E-state index contributed by atoms with van der Waals surface area (Å²) in [5.41, 5.74) is 1.67. The van der Waals surface area contributed by atoms with Crippen LogP contribution in [0.1, 0.15) is 24.5 Å². The number of benzene rings is 1. The molecule has 4 rings (SSSR count). The van der Waals surface area contributed by atoms with E-state index in [1.807, 2.05) is 49.5 Å². The van der Waals surface area contributed by atoms with Crippen molar-refractivity contribution in [3.63, 3.8) is 0 Å². The zero-order chi connectivity index (χ0) is 23.5. The van der Waals surface area contributed by atoms with E-state index in [2.05, 4.69) is 9.97 Å². The molecule has 1 amide bonds. The van der Waals surface area contributed by atoms with Gasteiger partial charge in [-0.1, -0.05) is 23.7 Å². The first-order chi connectivity index (χ1) is 15.8. The minimum atomic E-state index is -0.596. The Morgan fingerprint density at radius 1 is 1.21 bits per heavy atom. The Kier molecular flexibility index (Phi) is 6.60. The van der Waals surface area contributed by atoms with Crippen LogP contribution in [0.4, 0.5) is 5.95 Å². The minimum absolute atomic E-state index is 0.0161. The van der Waals surface area contributed by atoms with Gasteiger partial charge in [0.2, 0.25) is 11.9 Å². The van der Waals surface area contributed by atoms with Gasteiger partial charge >= 0.3 is 5.69 Å². The number of rotatable bonds is 5. The van der Waals surface area contributed by atoms with Crippen LogP contribution in [0, 0.1) is 0 Å². The van der Waals surface area contributed by atoms with E-state index < -0.39 is 11.2 Å². The van der Waals surface area contributed by atoms with E-state index in [1.165, 1.54) is 16.8 Å². The predicted octanol–water partition coefficient (Wildman–Crippen LogP) is 2.12. The monoisotopic (exact) mass is 468 g/mol. The predicted molar refractivity (Wildman–Crippen MR) is 127 cm³/mol. The van der Waals surface area contributed by atoms with Crippen LogP contribution in [0.2, 0.25) is 5.02 Å². The highest BCUT2D eigenvalue weighted by molar-refractivity contribution is 6.30. The number of aromatic amines is 1. The normalized spacial score (nSPS) is 16.0. The number of hydrogen-bond acceptors (Lipinski definition) is 6. The van der Waals surface area contributed by atoms with Crippen molar-refractivity contribution in [3.8, 4) is 11.1 Å². The van der Waals surface area contributed by atoms with Gasteiger partial charge < -0.3 is 9.80 Å². The maximum absolute atomic E-state index is 13.0. The van der Waals surface area contributed by atoms with E-state index in [-0.39, 0.29) is 18.4 Å². The average Bonchev–Trinajstić information content (AvgIpc) is 2.81. The molecule has 0 spiro atoms. The standard InChI is InChI=1S/C23H25ClN6O3/c1-28(2)22-25-12-18(15-5-7-17(24)8-6-15)21(27-22)16-4-3-10-29(13-16)20(32)14-30-11-9-19(31)26-23(30)33/h5-9,11-12,16H,3-4,10,13-14H2,1-2H3,(H,26,31,33)/t16-/m0/s1. The molecule has 1 N–H and O–H groups in total. The summed E-state index contributed by atoms with van der Waals surface area (Å²) in [5, 5.41) is 0.651. The van der Waals surface area contributed by atoms with Crippen molar-refractivity contribution in [3.05, 3.63) is 74.3 Å². The van der Waals surface area contributed by atoms with Crippen molar-refractivity contribution in [1.29, 1.82) is 0 Å². The van der Waals surface area contributed by atoms with Crippen LogP contribution >= 0.6 is 11.6 Å². The number of carbonyl (C=O) groups excluding carboxylic acids is 1. The van der Waals surface area contributed by atoms with Crippen LogP contribution in [0.5, 0.6) is 0 Å². The number of nitrogens with zero attached hydrogens (tertiary/aromatic N) is 5. The van der Waals surface area contributed by atoms with Crippen LogP contribution in [0.15, 0.2) is 52.3 Å². The van der Waals surface area contributed by atoms with E-state index >= 15 is 0 Å². The number of aromatic nitrogens is 4. The second kappa shape index (κ2) is 9.58. The van der Waals surface area contributed by atoms with Gasteiger partial charge in [0.15, 0.2) is 0 Å². The average molecular weight is 469 g/mol. The molecular weight excluding hydrogens is 444 g/mol. The molecule has 3 aromatic rings. The molecule has 10 heteroatoms. The largest absolute Gasteiger partial charge is 0.347 e. The van der Waals surface area contributed by atoms with Crippen LogP contribution < -0.4 is 16.1 Å². The van der Waals surface area contributed by atoms with E-state index in [1.54, 1.807) is 4.90 Å². The number of amides is 1. The molecule has 1 atom stereocenters. The van der Waals surface area contributed by atoms with Gasteiger partial charge in [0.25, 0.3) is 5.56 Å². The molecule has 1 fully saturated rings. The second-order valence-corrected chi connectivity index (χ2v) is 8.72. The van der Waals surface area contributed by atoms with Crippen LogP contribution in [0.25, 0.3) is 11.1 Å². The second-order valence-electron chi connectivity index (χ2n) is 8.29. The van der Waals surface area contributed by atoms with Crippen LogP contribution in [0.3, 0.4) is 0 Å². The summed E-state index contributed by atoms with van der Waals surface area (Å²) in [6.07, 6.45) is 4.86. The third-order valence-corrected chi connectivity index (χ3v) is 5.98. The fourth-order valence-corrected chi connectivity index (χ4v) is 4.13. The molecule has 33 heavy (non-hydrogen) atoms. The molecule has 0 unspecified atom stereocenters. The molecule has 0 saturated carbocycles. The lowest BCUT2D eigenvalue weighted by molar-refractivity contribution is -0.133. The lowest BCUT2D eigenvalue weighted by Gasteiger charge is -2.33. The molecule has 9 nitrogen and oxygen atoms in total. The maximum Gasteiger partial charge on any atom is 0.328 e. The SMILES string of the molecule is CN(C)c1ncc(-c2ccc(Cl)cc2)c([C@H]2CCCN(C(=O)Cn3ccc(=O)[nH]c3=O)C2)n1. The number of H-pyrrole nitrogens is 1. The van der Waals surface area contributed by atoms with E-state index in [0.717, 1.165) is 29.7 Å². The highest BCUT2D eigenvalue weighted by atomic mass is 35.5. The fraction of sp³-hybridized carbons (Fsp3) is 0.348. The van der Waals surface area contributed by atoms with E-state index in [4.69, 9.17) is 16.6 Å². The Hall–Kier alpha value is -3.46. The first-order valence-corrected chi connectivity index (χ1v) is 11.1. The number of carbonyl (C=O) groups is 1. The number of likely N-dealkylation sites (tertiary alicyclic amines) is 1. The van der Waals surface area contributed by atoms with E-state index in [9.17, 15) is 14.4 Å². The minimum Gasteiger partial charge on any atom is -0.347 e. The smallest absolute Gasteiger partial charge is 0.328 e. The maximum atomic E-state index is 13.0. The summed E-state index contributed by atoms with van der Waals surface area (Å²) < 4.78 is 1.21. The Bertz CT molecular complexity index is 1270. The van der Waals surface area contributed by atoms with Crippen molar-refractivity contribution in [2.45, 2.75) is 25.3 Å². The lowest BCUT2D eigenvalue weighted by atomic mass is 9.90. The molecule has 1 aliphatic rings. The molecule has 0 bridgehead atoms. The molecule has 172 valence electrons. The Morgan fingerprint density at radius 3 is 2.67 bits per heavy atom. The number of piperidine rings is 1. The molecule has 3 heterocycles. The van der Waals surface area contributed by atoms with Gasteiger partial charge in [0.1, 0.15) is 6.54 Å². The number of halogens is 1. The van der Waals surface area contributed by atoms with Gasteiger partial charge in [-0.3, -0.25) is 19.1 Å². The first-order valence-electron chi connectivity index (χ1n) is 10.7. The molecule has 2 aromatic heterocycles. The topological polar surface area (TPSA) is 104 Å². The lowest BCUT2D eigenvalue weighted by Crippen LogP contribution is -2.43. The number of nitrogens with one attached hydrogen (secondary N) is 1. The highest BCUT2D eigenvalue weighted by Gasteiger charge is 2.28. The van der Waals surface area contributed by atoms with Crippen molar-refractivity contribution in [2.24, 2.45) is 0 Å². The Labute approximate surface area is 195 Å². The van der Waals surface area contributed by atoms with Crippen molar-refractivity contribution in [1.82, 2.24) is 24.4 Å². The fourth-order valence-electron chi connectivity index (χ4n) is 4.01. The molecule has 1 saturated heterocycles. The quantitative estimate of drug-likeness (QED) is 0.615. The number of hydrogen-bond donors (Lipinski definition) is 1. The molecule has 1 aromatic carbocycles. The molecule has 0 radical (unpaired) electrons. The summed E-state index contributed by atoms with van der Waals surface area (Å²) in [6, 6.07) is 8.77. The zero-order valence-corrected chi connectivity index (χ0v) is 19.2. The molecule has 0 aliphatic carbocycles. The van der Waals surface area contributed by atoms with Gasteiger partial charge in [0.05, 0.1) is 5.69 Å². The number of anilines is 1. The third kappa shape index (κ3) is 5.14. The Morgan fingerprint density at radius 2 is 1.97 bits per heavy atom. The highest BCUT2D eigenvalue weighted by Crippen LogP contribution is 2.34. The zero-order valence-electron chi connectivity index (χ0n) is 18.5. The summed E-state index contributed by atoms with van der Waals surface area (Å²) in [4.78, 5) is 51.4. The van der Waals surface area contributed by atoms with Crippen molar-refractivity contribution >= 4 is 23.5 Å². The Balaban J connectivity index is 1.62. The van der Waals surface area contributed by atoms with Crippen molar-refractivity contribution in [2.75, 3.05) is 32.1 Å². The van der Waals surface area contributed by atoms with Crippen molar-refractivity contribution < 1.29 is 4.79 Å². The summed E-state index contributed by atoms with van der Waals surface area (Å²) >= 11 is 6.07. The van der Waals surface area contributed by atoms with Gasteiger partial charge in [-0.15, -0.1) is 0 Å². The molecule has 1 aliphatic heterocycles. The molecular formula is C23H25ClN6O3. The summed E-state index contributed by atoms with van der Waals surface area (Å²) in [7, 11) is 3.78. The van der Waals surface area contributed by atoms with E-state index in [0.29, 0.717) is 24.1 Å². The van der Waals surface area contributed by atoms with Crippen LogP contribution in [-0.4, -0.2) is 57.5 Å². The first kappa shape index (κ1) is 22.7. The van der Waals surface area contributed by atoms with Crippen LogP contribution in [-0.2, 0) is 11.3 Å².